The van der Waals surface area contributed by atoms with Crippen LogP contribution in [0.5, 0.6) is 5.75 Å². The summed E-state index contributed by atoms with van der Waals surface area (Å²) in [6.45, 7) is 6.26. The lowest BCUT2D eigenvalue weighted by Crippen LogP contribution is -2.28. The number of aromatic amines is 1. The number of carbonyl (C=O) groups is 1. The molecule has 0 amide bonds. The van der Waals surface area contributed by atoms with Gasteiger partial charge in [0.25, 0.3) is 0 Å². The molecule has 0 saturated heterocycles. The number of Topliss-reactive ketones (excluding diaryl/α,β-unsaturated/α-hetero) is 1. The molecule has 0 atom stereocenters. The van der Waals surface area contributed by atoms with Gasteiger partial charge in [0.2, 0.25) is 0 Å². The minimum atomic E-state index is -0.488. The second kappa shape index (κ2) is 7.52. The molecule has 3 rings (SSSR count). The monoisotopic (exact) mass is 349 g/mol. The summed E-state index contributed by atoms with van der Waals surface area (Å²) < 4.78 is 5.85. The summed E-state index contributed by atoms with van der Waals surface area (Å²) in [5.41, 5.74) is 3.23. The number of ketones is 1. The second-order valence-electron chi connectivity index (χ2n) is 6.74. The van der Waals surface area contributed by atoms with Crippen molar-refractivity contribution in [3.05, 3.63) is 66.0 Å². The molecule has 0 fully saturated rings. The number of hydrogen-bond acceptors (Lipinski definition) is 4. The zero-order valence-electron chi connectivity index (χ0n) is 15.3. The van der Waals surface area contributed by atoms with E-state index in [1.54, 1.807) is 12.4 Å². The van der Waals surface area contributed by atoms with Crippen molar-refractivity contribution in [3.63, 3.8) is 0 Å². The van der Waals surface area contributed by atoms with Crippen LogP contribution in [0.15, 0.2) is 54.9 Å². The van der Waals surface area contributed by atoms with E-state index in [2.05, 4.69) is 15.2 Å². The van der Waals surface area contributed by atoms with Gasteiger partial charge in [0.05, 0.1) is 17.6 Å². The Hall–Kier alpha value is -2.95. The van der Waals surface area contributed by atoms with Crippen molar-refractivity contribution in [1.29, 1.82) is 0 Å². The lowest BCUT2D eigenvalue weighted by Gasteiger charge is -2.23. The molecule has 0 aliphatic rings. The normalized spacial score (nSPS) is 11.3. The van der Waals surface area contributed by atoms with E-state index in [4.69, 9.17) is 4.74 Å². The molecule has 5 heteroatoms. The zero-order chi connectivity index (χ0) is 18.6. The quantitative estimate of drug-likeness (QED) is 0.690. The predicted molar refractivity (Wildman–Crippen MR) is 101 cm³/mol. The van der Waals surface area contributed by atoms with Gasteiger partial charge in [-0.05, 0) is 43.2 Å². The summed E-state index contributed by atoms with van der Waals surface area (Å²) in [4.78, 5) is 16.6. The van der Waals surface area contributed by atoms with Crippen LogP contribution in [0.2, 0.25) is 0 Å². The topological polar surface area (TPSA) is 67.9 Å². The Morgan fingerprint density at radius 1 is 1.19 bits per heavy atom. The molecular weight excluding hydrogens is 326 g/mol. The van der Waals surface area contributed by atoms with Crippen LogP contribution in [-0.4, -0.2) is 21.0 Å². The average Bonchev–Trinajstić information content (AvgIpc) is 3.21. The summed E-state index contributed by atoms with van der Waals surface area (Å²) in [6, 6.07) is 13.7. The van der Waals surface area contributed by atoms with Crippen LogP contribution in [0.25, 0.3) is 11.4 Å². The van der Waals surface area contributed by atoms with Crippen LogP contribution in [-0.2, 0) is 16.8 Å². The maximum absolute atomic E-state index is 12.2. The molecule has 1 N–H and O–H groups in total. The summed E-state index contributed by atoms with van der Waals surface area (Å²) >= 11 is 0. The number of benzene rings is 1. The van der Waals surface area contributed by atoms with Crippen LogP contribution in [0.3, 0.4) is 0 Å². The van der Waals surface area contributed by atoms with Crippen LogP contribution in [0, 0.1) is 0 Å². The van der Waals surface area contributed by atoms with Crippen molar-refractivity contribution in [1.82, 2.24) is 15.2 Å². The fourth-order valence-corrected chi connectivity index (χ4v) is 2.84. The van der Waals surface area contributed by atoms with Crippen molar-refractivity contribution in [2.45, 2.75) is 39.2 Å². The molecule has 3 aromatic rings. The van der Waals surface area contributed by atoms with E-state index in [0.29, 0.717) is 18.8 Å². The van der Waals surface area contributed by atoms with Crippen molar-refractivity contribution in [2.24, 2.45) is 0 Å². The maximum Gasteiger partial charge on any atom is 0.142 e. The van der Waals surface area contributed by atoms with Crippen molar-refractivity contribution >= 4 is 5.78 Å². The van der Waals surface area contributed by atoms with Gasteiger partial charge >= 0.3 is 0 Å². The molecule has 1 aromatic carbocycles. The van der Waals surface area contributed by atoms with Gasteiger partial charge in [-0.1, -0.05) is 31.2 Å². The first-order valence-corrected chi connectivity index (χ1v) is 8.72. The van der Waals surface area contributed by atoms with E-state index in [1.807, 2.05) is 63.2 Å². The van der Waals surface area contributed by atoms with Crippen LogP contribution < -0.4 is 4.74 Å². The Bertz CT molecular complexity index is 869. The molecule has 0 unspecified atom stereocenters. The van der Waals surface area contributed by atoms with Gasteiger partial charge in [-0.25, -0.2) is 0 Å². The highest BCUT2D eigenvalue weighted by Gasteiger charge is 2.28. The van der Waals surface area contributed by atoms with E-state index in [1.165, 1.54) is 0 Å². The van der Waals surface area contributed by atoms with Crippen molar-refractivity contribution in [2.75, 3.05) is 0 Å². The van der Waals surface area contributed by atoms with Crippen molar-refractivity contribution < 1.29 is 9.53 Å². The maximum atomic E-state index is 12.2. The minimum Gasteiger partial charge on any atom is -0.487 e. The van der Waals surface area contributed by atoms with Gasteiger partial charge in [-0.2, -0.15) is 5.10 Å². The second-order valence-corrected chi connectivity index (χ2v) is 6.74. The van der Waals surface area contributed by atoms with Gasteiger partial charge in [0.1, 0.15) is 18.1 Å². The SMILES string of the molecule is CCC(=O)C(C)(C)c1cccc(COc2ccc(-c3ccn[nH]3)nc2)c1. The third-order valence-corrected chi connectivity index (χ3v) is 4.59. The third-order valence-electron chi connectivity index (χ3n) is 4.59. The highest BCUT2D eigenvalue weighted by molar-refractivity contribution is 5.89. The molecule has 2 heterocycles. The molecule has 0 spiro atoms. The summed E-state index contributed by atoms with van der Waals surface area (Å²) in [5, 5.41) is 6.81. The molecule has 134 valence electrons. The van der Waals surface area contributed by atoms with Gasteiger partial charge in [0.15, 0.2) is 0 Å². The summed E-state index contributed by atoms with van der Waals surface area (Å²) in [7, 11) is 0. The van der Waals surface area contributed by atoms with E-state index in [0.717, 1.165) is 22.5 Å². The van der Waals surface area contributed by atoms with E-state index < -0.39 is 5.41 Å². The molecule has 5 nitrogen and oxygen atoms in total. The Kier molecular flexibility index (Phi) is 5.16. The number of aromatic nitrogens is 3. The number of carbonyl (C=O) groups excluding carboxylic acids is 1. The standard InChI is InChI=1S/C21H23N3O2/c1-4-20(25)21(2,3)16-7-5-6-15(12-16)14-26-17-8-9-18(22-13-17)19-10-11-23-24-19/h5-13H,4,14H2,1-3H3,(H,23,24). The lowest BCUT2D eigenvalue weighted by molar-refractivity contribution is -0.123. The first kappa shape index (κ1) is 17.9. The first-order valence-electron chi connectivity index (χ1n) is 8.72. The molecule has 0 saturated carbocycles. The van der Waals surface area contributed by atoms with Crippen molar-refractivity contribution in [3.8, 4) is 17.1 Å². The van der Waals surface area contributed by atoms with E-state index in [-0.39, 0.29) is 5.78 Å². The van der Waals surface area contributed by atoms with Crippen LogP contribution in [0.1, 0.15) is 38.3 Å². The number of ether oxygens (including phenoxy) is 1. The summed E-state index contributed by atoms with van der Waals surface area (Å²) in [5.74, 6) is 0.928. The zero-order valence-corrected chi connectivity index (χ0v) is 15.3. The number of rotatable bonds is 7. The number of pyridine rings is 1. The Morgan fingerprint density at radius 3 is 2.69 bits per heavy atom. The number of hydrogen-bond donors (Lipinski definition) is 1. The van der Waals surface area contributed by atoms with Gasteiger partial charge in [0, 0.05) is 18.0 Å². The smallest absolute Gasteiger partial charge is 0.142 e. The highest BCUT2D eigenvalue weighted by Crippen LogP contribution is 2.27. The molecule has 26 heavy (non-hydrogen) atoms. The number of nitrogens with one attached hydrogen (secondary N) is 1. The van der Waals surface area contributed by atoms with Gasteiger partial charge in [-0.3, -0.25) is 14.9 Å². The molecule has 2 aromatic heterocycles. The lowest BCUT2D eigenvalue weighted by atomic mass is 9.79. The molecular formula is C21H23N3O2. The number of nitrogens with zero attached hydrogens (tertiary/aromatic N) is 2. The minimum absolute atomic E-state index is 0.231. The Balaban J connectivity index is 1.68. The van der Waals surface area contributed by atoms with Crippen LogP contribution >= 0.6 is 0 Å². The average molecular weight is 349 g/mol. The van der Waals surface area contributed by atoms with Crippen LogP contribution in [0.4, 0.5) is 0 Å². The Morgan fingerprint density at radius 2 is 2.04 bits per heavy atom. The largest absolute Gasteiger partial charge is 0.487 e. The van der Waals surface area contributed by atoms with Gasteiger partial charge in [-0.15, -0.1) is 0 Å². The van der Waals surface area contributed by atoms with E-state index in [9.17, 15) is 4.79 Å². The highest BCUT2D eigenvalue weighted by atomic mass is 16.5. The third kappa shape index (κ3) is 3.82. The fraction of sp³-hybridized carbons (Fsp3) is 0.286. The number of H-pyrrole nitrogens is 1. The fourth-order valence-electron chi connectivity index (χ4n) is 2.84. The first-order chi connectivity index (χ1) is 12.5. The summed E-state index contributed by atoms with van der Waals surface area (Å²) in [6.07, 6.45) is 3.92. The molecule has 0 radical (unpaired) electrons. The molecule has 0 aliphatic carbocycles. The predicted octanol–water partition coefficient (Wildman–Crippen LogP) is 4.31. The molecule has 0 aliphatic heterocycles. The molecule has 0 bridgehead atoms. The Labute approximate surface area is 153 Å². The van der Waals surface area contributed by atoms with E-state index >= 15 is 0 Å². The van der Waals surface area contributed by atoms with Gasteiger partial charge < -0.3 is 4.74 Å².